The fraction of sp³-hybridized carbons (Fsp3) is 0.900. The van der Waals surface area contributed by atoms with Crippen LogP contribution in [0.5, 0.6) is 0 Å². The molecule has 15 heavy (non-hydrogen) atoms. The van der Waals surface area contributed by atoms with Crippen molar-refractivity contribution in [1.29, 1.82) is 0 Å². The maximum Gasteiger partial charge on any atom is 0.147 e. The maximum absolute atomic E-state index is 11.8. The Morgan fingerprint density at radius 3 is 2.60 bits per heavy atom. The molecule has 0 spiro atoms. The predicted octanol–water partition coefficient (Wildman–Crippen LogP) is 0.131. The van der Waals surface area contributed by atoms with Crippen LogP contribution >= 0.6 is 0 Å². The average Bonchev–Trinajstić information content (AvgIpc) is 2.73. The van der Waals surface area contributed by atoms with Crippen molar-refractivity contribution in [3.05, 3.63) is 0 Å². The number of rotatable bonds is 4. The van der Waals surface area contributed by atoms with Crippen molar-refractivity contribution in [2.24, 2.45) is 5.92 Å². The second-order valence-electron chi connectivity index (χ2n) is 4.74. The van der Waals surface area contributed by atoms with Gasteiger partial charge in [-0.1, -0.05) is 0 Å². The third-order valence-corrected chi connectivity index (χ3v) is 4.38. The molecule has 2 bridgehead atoms. The molecular formula is C10H17NO3S. The molecule has 0 aliphatic carbocycles. The second-order valence-corrected chi connectivity index (χ2v) is 7.00. The van der Waals surface area contributed by atoms with Crippen LogP contribution in [-0.4, -0.2) is 38.3 Å². The summed E-state index contributed by atoms with van der Waals surface area (Å²) in [5.74, 6) is 0.199. The van der Waals surface area contributed by atoms with Crippen LogP contribution in [0.1, 0.15) is 25.7 Å². The molecule has 0 aromatic rings. The first kappa shape index (κ1) is 11.1. The summed E-state index contributed by atoms with van der Waals surface area (Å²) in [5.41, 5.74) is 0. The molecule has 1 N–H and O–H groups in total. The summed E-state index contributed by atoms with van der Waals surface area (Å²) in [4.78, 5) is 11.8. The third-order valence-electron chi connectivity index (χ3n) is 3.43. The Morgan fingerprint density at radius 1 is 1.40 bits per heavy atom. The number of hydrogen-bond donors (Lipinski definition) is 1. The first-order chi connectivity index (χ1) is 6.96. The molecule has 0 aromatic carbocycles. The lowest BCUT2D eigenvalue weighted by atomic mass is 9.85. The van der Waals surface area contributed by atoms with Crippen LogP contribution in [0.3, 0.4) is 0 Å². The average molecular weight is 231 g/mol. The molecular weight excluding hydrogens is 214 g/mol. The normalized spacial score (nSPS) is 34.6. The van der Waals surface area contributed by atoms with Gasteiger partial charge < -0.3 is 5.32 Å². The molecule has 4 nitrogen and oxygen atoms in total. The van der Waals surface area contributed by atoms with Gasteiger partial charge in [0.2, 0.25) is 0 Å². The largest absolute Gasteiger partial charge is 0.310 e. The highest BCUT2D eigenvalue weighted by atomic mass is 32.2. The van der Waals surface area contributed by atoms with Gasteiger partial charge in [0.15, 0.2) is 0 Å². The summed E-state index contributed by atoms with van der Waals surface area (Å²) in [7, 11) is -3.00. The summed E-state index contributed by atoms with van der Waals surface area (Å²) in [6, 6.07) is 0.823. The molecule has 2 saturated heterocycles. The van der Waals surface area contributed by atoms with Crippen LogP contribution in [0.2, 0.25) is 0 Å². The van der Waals surface area contributed by atoms with Gasteiger partial charge in [0.25, 0.3) is 0 Å². The molecule has 0 saturated carbocycles. The molecule has 0 radical (unpaired) electrons. The molecule has 3 unspecified atom stereocenters. The number of ketones is 1. The van der Waals surface area contributed by atoms with E-state index >= 15 is 0 Å². The van der Waals surface area contributed by atoms with E-state index in [1.165, 1.54) is 12.7 Å². The number of hydrogen-bond acceptors (Lipinski definition) is 4. The highest BCUT2D eigenvalue weighted by Gasteiger charge is 2.42. The second kappa shape index (κ2) is 3.87. The fourth-order valence-electron chi connectivity index (χ4n) is 2.65. The van der Waals surface area contributed by atoms with Crippen LogP contribution in [0.4, 0.5) is 0 Å². The minimum absolute atomic E-state index is 0.000278. The quantitative estimate of drug-likeness (QED) is 0.747. The third kappa shape index (κ3) is 2.58. The molecule has 2 aliphatic rings. The summed E-state index contributed by atoms with van der Waals surface area (Å²) in [6.07, 6.45) is 4.52. The van der Waals surface area contributed by atoms with Crippen LogP contribution in [-0.2, 0) is 14.6 Å². The summed E-state index contributed by atoms with van der Waals surface area (Å²) >= 11 is 0. The lowest BCUT2D eigenvalue weighted by Gasteiger charge is -2.18. The Labute approximate surface area is 90.3 Å². The van der Waals surface area contributed by atoms with E-state index in [1.54, 1.807) is 0 Å². The van der Waals surface area contributed by atoms with E-state index in [2.05, 4.69) is 5.32 Å². The molecule has 2 fully saturated rings. The molecule has 5 heteroatoms. The first-order valence-electron chi connectivity index (χ1n) is 5.42. The van der Waals surface area contributed by atoms with E-state index in [4.69, 9.17) is 0 Å². The van der Waals surface area contributed by atoms with E-state index in [0.717, 1.165) is 12.8 Å². The minimum atomic E-state index is -3.00. The fourth-order valence-corrected chi connectivity index (χ4v) is 3.22. The minimum Gasteiger partial charge on any atom is -0.310 e. The first-order valence-corrected chi connectivity index (χ1v) is 7.48. The Morgan fingerprint density at radius 2 is 2.13 bits per heavy atom. The van der Waals surface area contributed by atoms with Crippen molar-refractivity contribution in [2.75, 3.05) is 12.0 Å². The van der Waals surface area contributed by atoms with E-state index in [1.807, 2.05) is 0 Å². The monoisotopic (exact) mass is 231 g/mol. The topological polar surface area (TPSA) is 63.2 Å². The van der Waals surface area contributed by atoms with Gasteiger partial charge in [-0.05, 0) is 19.3 Å². The van der Waals surface area contributed by atoms with E-state index in [9.17, 15) is 13.2 Å². The molecule has 3 atom stereocenters. The zero-order chi connectivity index (χ0) is 11.1. The molecule has 2 aliphatic heterocycles. The lowest BCUT2D eigenvalue weighted by molar-refractivity contribution is -0.123. The highest BCUT2D eigenvalue weighted by molar-refractivity contribution is 7.90. The van der Waals surface area contributed by atoms with Crippen molar-refractivity contribution in [2.45, 2.75) is 37.8 Å². The van der Waals surface area contributed by atoms with Gasteiger partial charge in [-0.25, -0.2) is 8.42 Å². The Kier molecular flexibility index (Phi) is 2.85. The summed E-state index contributed by atoms with van der Waals surface area (Å²) in [6.45, 7) is 0. The lowest BCUT2D eigenvalue weighted by Crippen LogP contribution is -2.29. The van der Waals surface area contributed by atoms with Crippen LogP contribution in [0.25, 0.3) is 0 Å². The number of sulfone groups is 1. The number of fused-ring (bicyclic) bond motifs is 2. The zero-order valence-electron chi connectivity index (χ0n) is 8.90. The van der Waals surface area contributed by atoms with Gasteiger partial charge in [-0.2, -0.15) is 0 Å². The van der Waals surface area contributed by atoms with Gasteiger partial charge in [0.05, 0.1) is 5.75 Å². The zero-order valence-corrected chi connectivity index (χ0v) is 9.72. The van der Waals surface area contributed by atoms with Gasteiger partial charge >= 0.3 is 0 Å². The number of carbonyl (C=O) groups is 1. The van der Waals surface area contributed by atoms with Crippen LogP contribution in [0.15, 0.2) is 0 Å². The van der Waals surface area contributed by atoms with Gasteiger partial charge in [-0.15, -0.1) is 0 Å². The van der Waals surface area contributed by atoms with Gasteiger partial charge in [-0.3, -0.25) is 4.79 Å². The van der Waals surface area contributed by atoms with Crippen molar-refractivity contribution >= 4 is 15.6 Å². The summed E-state index contributed by atoms with van der Waals surface area (Å²) in [5, 5.41) is 3.39. The van der Waals surface area contributed by atoms with Gasteiger partial charge in [0.1, 0.15) is 15.6 Å². The Bertz CT molecular complexity index is 363. The smallest absolute Gasteiger partial charge is 0.147 e. The van der Waals surface area contributed by atoms with Gasteiger partial charge in [0, 0.05) is 30.7 Å². The molecule has 2 rings (SSSR count). The van der Waals surface area contributed by atoms with Crippen molar-refractivity contribution in [3.8, 4) is 0 Å². The number of Topliss-reactive ketones (excluding diaryl/α,β-unsaturated/α-hetero) is 1. The SMILES string of the molecule is CS(=O)(=O)CCC(=O)C1CC2CCC1N2. The van der Waals surface area contributed by atoms with Crippen LogP contribution in [0, 0.1) is 5.92 Å². The van der Waals surface area contributed by atoms with Crippen LogP contribution < -0.4 is 5.32 Å². The standard InChI is InChI=1S/C10H17NO3S/c1-15(13,14)5-4-10(12)8-6-7-2-3-9(8)11-7/h7-9,11H,2-6H2,1H3. The molecule has 0 amide bonds. The van der Waals surface area contributed by atoms with E-state index in [0.29, 0.717) is 12.1 Å². The van der Waals surface area contributed by atoms with Crippen molar-refractivity contribution in [3.63, 3.8) is 0 Å². The summed E-state index contributed by atoms with van der Waals surface area (Å²) < 4.78 is 21.9. The number of nitrogens with one attached hydrogen (secondary N) is 1. The Hall–Kier alpha value is -0.420. The Balaban J connectivity index is 1.87. The van der Waals surface area contributed by atoms with Crippen molar-refractivity contribution < 1.29 is 13.2 Å². The van der Waals surface area contributed by atoms with E-state index < -0.39 is 9.84 Å². The predicted molar refractivity (Wildman–Crippen MR) is 57.4 cm³/mol. The number of carbonyl (C=O) groups excluding carboxylic acids is 1. The molecule has 86 valence electrons. The van der Waals surface area contributed by atoms with Crippen molar-refractivity contribution in [1.82, 2.24) is 5.32 Å². The molecule has 0 aromatic heterocycles. The van der Waals surface area contributed by atoms with E-state index in [-0.39, 0.29) is 23.9 Å². The highest BCUT2D eigenvalue weighted by Crippen LogP contribution is 2.34. The molecule has 2 heterocycles. The maximum atomic E-state index is 11.8.